The van der Waals surface area contributed by atoms with Crippen LogP contribution in [0.5, 0.6) is 0 Å². The topological polar surface area (TPSA) is 40.5 Å². The van der Waals surface area contributed by atoms with E-state index in [1.165, 1.54) is 25.7 Å². The molecule has 2 rings (SSSR count). The van der Waals surface area contributed by atoms with Gasteiger partial charge in [0, 0.05) is 18.0 Å². The highest BCUT2D eigenvalue weighted by molar-refractivity contribution is 5.67. The van der Waals surface area contributed by atoms with Crippen molar-refractivity contribution in [3.05, 3.63) is 0 Å². The second kappa shape index (κ2) is 4.97. The molecule has 1 saturated heterocycles. The molecule has 0 aromatic carbocycles. The summed E-state index contributed by atoms with van der Waals surface area (Å²) in [4.78, 5) is 13.5. The number of piperidine rings is 1. The predicted molar refractivity (Wildman–Crippen MR) is 68.0 cm³/mol. The summed E-state index contributed by atoms with van der Waals surface area (Å²) in [6.07, 6.45) is 7.87. The van der Waals surface area contributed by atoms with Crippen molar-refractivity contribution in [1.82, 2.24) is 4.90 Å². The van der Waals surface area contributed by atoms with E-state index in [0.29, 0.717) is 12.3 Å². The molecule has 1 aliphatic carbocycles. The molecule has 0 spiro atoms. The summed E-state index contributed by atoms with van der Waals surface area (Å²) in [5, 5.41) is 8.90. The van der Waals surface area contributed by atoms with E-state index in [2.05, 4.69) is 18.7 Å². The first-order valence-electron chi connectivity index (χ1n) is 6.97. The van der Waals surface area contributed by atoms with Crippen molar-refractivity contribution in [2.75, 3.05) is 6.54 Å². The van der Waals surface area contributed by atoms with Crippen LogP contribution in [0.25, 0.3) is 0 Å². The summed E-state index contributed by atoms with van der Waals surface area (Å²) in [5.41, 5.74) is 0.188. The standard InChI is InChI=1S/C14H25NO2/c1-14(2)10-11(9-13(16)17)7-8-15(14)12-5-3-4-6-12/h11-12H,3-10H2,1-2H3,(H,16,17). The molecule has 0 bridgehead atoms. The molecule has 0 radical (unpaired) electrons. The van der Waals surface area contributed by atoms with Gasteiger partial charge in [-0.3, -0.25) is 9.69 Å². The van der Waals surface area contributed by atoms with Crippen LogP contribution in [-0.4, -0.2) is 34.1 Å². The number of carboxylic acids is 1. The molecule has 1 unspecified atom stereocenters. The average molecular weight is 239 g/mol. The van der Waals surface area contributed by atoms with Gasteiger partial charge in [0.1, 0.15) is 0 Å². The van der Waals surface area contributed by atoms with Gasteiger partial charge in [-0.1, -0.05) is 12.8 Å². The Morgan fingerprint density at radius 1 is 1.29 bits per heavy atom. The largest absolute Gasteiger partial charge is 0.481 e. The van der Waals surface area contributed by atoms with Crippen LogP contribution in [0.4, 0.5) is 0 Å². The van der Waals surface area contributed by atoms with Gasteiger partial charge >= 0.3 is 5.97 Å². The maximum Gasteiger partial charge on any atom is 0.303 e. The minimum Gasteiger partial charge on any atom is -0.481 e. The van der Waals surface area contributed by atoms with Crippen LogP contribution in [0.1, 0.15) is 58.8 Å². The molecular formula is C14H25NO2. The monoisotopic (exact) mass is 239 g/mol. The zero-order valence-corrected chi connectivity index (χ0v) is 11.1. The molecule has 0 amide bonds. The zero-order chi connectivity index (χ0) is 12.5. The van der Waals surface area contributed by atoms with Gasteiger partial charge in [-0.05, 0) is 52.0 Å². The van der Waals surface area contributed by atoms with Crippen LogP contribution < -0.4 is 0 Å². The lowest BCUT2D eigenvalue weighted by molar-refractivity contribution is -0.139. The number of aliphatic carboxylic acids is 1. The van der Waals surface area contributed by atoms with Gasteiger partial charge in [-0.25, -0.2) is 0 Å². The molecule has 1 N–H and O–H groups in total. The Balaban J connectivity index is 1.96. The lowest BCUT2D eigenvalue weighted by Crippen LogP contribution is -2.54. The Hall–Kier alpha value is -0.570. The third-order valence-corrected chi connectivity index (χ3v) is 4.57. The number of hydrogen-bond acceptors (Lipinski definition) is 2. The normalized spacial score (nSPS) is 30.6. The van der Waals surface area contributed by atoms with E-state index in [4.69, 9.17) is 5.11 Å². The van der Waals surface area contributed by atoms with Crippen molar-refractivity contribution < 1.29 is 9.90 Å². The molecule has 98 valence electrons. The highest BCUT2D eigenvalue weighted by atomic mass is 16.4. The molecular weight excluding hydrogens is 214 g/mol. The van der Waals surface area contributed by atoms with Crippen molar-refractivity contribution >= 4 is 5.97 Å². The average Bonchev–Trinajstić information content (AvgIpc) is 2.67. The first-order chi connectivity index (χ1) is 7.99. The van der Waals surface area contributed by atoms with Crippen molar-refractivity contribution in [3.63, 3.8) is 0 Å². The van der Waals surface area contributed by atoms with Gasteiger partial charge in [-0.2, -0.15) is 0 Å². The Morgan fingerprint density at radius 3 is 2.47 bits per heavy atom. The van der Waals surface area contributed by atoms with Gasteiger partial charge in [0.25, 0.3) is 0 Å². The summed E-state index contributed by atoms with van der Waals surface area (Å²) in [5.74, 6) is -0.264. The van der Waals surface area contributed by atoms with Gasteiger partial charge in [0.2, 0.25) is 0 Å². The fourth-order valence-corrected chi connectivity index (χ4v) is 3.86. The Labute approximate surface area is 104 Å². The van der Waals surface area contributed by atoms with E-state index in [0.717, 1.165) is 25.4 Å². The summed E-state index contributed by atoms with van der Waals surface area (Å²) in [7, 11) is 0. The van der Waals surface area contributed by atoms with Crippen LogP contribution >= 0.6 is 0 Å². The summed E-state index contributed by atoms with van der Waals surface area (Å²) in [6.45, 7) is 5.67. The second-order valence-electron chi connectivity index (χ2n) is 6.40. The maximum atomic E-state index is 10.8. The quantitative estimate of drug-likeness (QED) is 0.823. The smallest absolute Gasteiger partial charge is 0.303 e. The van der Waals surface area contributed by atoms with Gasteiger partial charge in [-0.15, -0.1) is 0 Å². The molecule has 1 aliphatic heterocycles. The highest BCUT2D eigenvalue weighted by Gasteiger charge is 2.39. The maximum absolute atomic E-state index is 10.8. The molecule has 2 aliphatic rings. The Kier molecular flexibility index (Phi) is 3.76. The summed E-state index contributed by atoms with van der Waals surface area (Å²) >= 11 is 0. The lowest BCUT2D eigenvalue weighted by Gasteiger charge is -2.48. The minimum atomic E-state index is -0.639. The molecule has 2 fully saturated rings. The van der Waals surface area contributed by atoms with E-state index < -0.39 is 5.97 Å². The molecule has 1 heterocycles. The molecule has 0 aromatic rings. The van der Waals surface area contributed by atoms with E-state index in [-0.39, 0.29) is 5.54 Å². The SMILES string of the molecule is CC1(C)CC(CC(=O)O)CCN1C1CCCC1. The number of likely N-dealkylation sites (tertiary alicyclic amines) is 1. The Bertz CT molecular complexity index is 282. The van der Waals surface area contributed by atoms with Crippen LogP contribution in [0.15, 0.2) is 0 Å². The summed E-state index contributed by atoms with van der Waals surface area (Å²) < 4.78 is 0. The van der Waals surface area contributed by atoms with Gasteiger partial charge in [0.05, 0.1) is 0 Å². The van der Waals surface area contributed by atoms with E-state index >= 15 is 0 Å². The molecule has 3 heteroatoms. The summed E-state index contributed by atoms with van der Waals surface area (Å²) in [6, 6.07) is 0.760. The van der Waals surface area contributed by atoms with Crippen molar-refractivity contribution in [3.8, 4) is 0 Å². The first-order valence-corrected chi connectivity index (χ1v) is 6.97. The van der Waals surface area contributed by atoms with Gasteiger partial charge < -0.3 is 5.11 Å². The molecule has 3 nitrogen and oxygen atoms in total. The highest BCUT2D eigenvalue weighted by Crippen LogP contribution is 2.38. The van der Waals surface area contributed by atoms with Crippen molar-refractivity contribution in [2.24, 2.45) is 5.92 Å². The fourth-order valence-electron chi connectivity index (χ4n) is 3.86. The second-order valence-corrected chi connectivity index (χ2v) is 6.40. The molecule has 17 heavy (non-hydrogen) atoms. The Morgan fingerprint density at radius 2 is 1.94 bits per heavy atom. The third kappa shape index (κ3) is 3.01. The van der Waals surface area contributed by atoms with Crippen molar-refractivity contribution in [2.45, 2.75) is 70.4 Å². The lowest BCUT2D eigenvalue weighted by atomic mass is 9.80. The first kappa shape index (κ1) is 12.9. The van der Waals surface area contributed by atoms with E-state index in [1.807, 2.05) is 0 Å². The predicted octanol–water partition coefficient (Wildman–Crippen LogP) is 2.89. The molecule has 0 aromatic heterocycles. The van der Waals surface area contributed by atoms with Crippen LogP contribution in [0, 0.1) is 5.92 Å². The van der Waals surface area contributed by atoms with Crippen LogP contribution in [-0.2, 0) is 4.79 Å². The van der Waals surface area contributed by atoms with Gasteiger partial charge in [0.15, 0.2) is 0 Å². The number of rotatable bonds is 3. The van der Waals surface area contributed by atoms with E-state index in [1.54, 1.807) is 0 Å². The van der Waals surface area contributed by atoms with Crippen LogP contribution in [0.3, 0.4) is 0 Å². The third-order valence-electron chi connectivity index (χ3n) is 4.57. The van der Waals surface area contributed by atoms with Crippen LogP contribution in [0.2, 0.25) is 0 Å². The number of hydrogen-bond donors (Lipinski definition) is 1. The minimum absolute atomic E-state index is 0.188. The zero-order valence-electron chi connectivity index (χ0n) is 11.1. The molecule has 1 saturated carbocycles. The fraction of sp³-hybridized carbons (Fsp3) is 0.929. The van der Waals surface area contributed by atoms with E-state index in [9.17, 15) is 4.79 Å². The van der Waals surface area contributed by atoms with Crippen molar-refractivity contribution in [1.29, 1.82) is 0 Å². The molecule has 1 atom stereocenters. The number of carboxylic acid groups (broad SMARTS) is 1. The number of nitrogens with zero attached hydrogens (tertiary/aromatic N) is 1. The number of carbonyl (C=O) groups is 1.